The quantitative estimate of drug-likeness (QED) is 0.100. The second-order valence-electron chi connectivity index (χ2n) is 11.7. The zero-order valence-electron chi connectivity index (χ0n) is 24.5. The number of pyridine rings is 1. The van der Waals surface area contributed by atoms with Gasteiger partial charge in [-0.15, -0.1) is 0 Å². The molecule has 1 fully saturated rings. The minimum absolute atomic E-state index is 0.0429. The Morgan fingerprint density at radius 1 is 0.976 bits per heavy atom. The largest absolute Gasteiger partial charge is 0.490 e. The number of unbranched alkanes of at least 4 members (excludes halogenated alkanes) is 5. The molecule has 4 rings (SSSR count). The molecule has 2 aliphatic rings. The minimum atomic E-state index is -3.61. The highest BCUT2D eigenvalue weighted by Crippen LogP contribution is 2.44. The number of halogens is 4. The third kappa shape index (κ3) is 8.85. The molecule has 41 heavy (non-hydrogen) atoms. The van der Waals surface area contributed by atoms with Crippen LogP contribution in [0.1, 0.15) is 108 Å². The fourth-order valence-corrected chi connectivity index (χ4v) is 5.88. The van der Waals surface area contributed by atoms with Crippen molar-refractivity contribution in [1.29, 1.82) is 0 Å². The van der Waals surface area contributed by atoms with Crippen LogP contribution in [-0.2, 0) is 17.1 Å². The number of nitrogens with zero attached hydrogens (tertiary/aromatic N) is 3. The van der Waals surface area contributed by atoms with Gasteiger partial charge in [-0.3, -0.25) is 0 Å². The van der Waals surface area contributed by atoms with Crippen LogP contribution in [-0.4, -0.2) is 40.4 Å². The third-order valence-electron chi connectivity index (χ3n) is 8.48. The summed E-state index contributed by atoms with van der Waals surface area (Å²) in [6.07, 6.45) is 12.8. The zero-order valence-corrected chi connectivity index (χ0v) is 24.5. The molecule has 1 saturated carbocycles. The molecular weight excluding hydrogens is 534 g/mol. The van der Waals surface area contributed by atoms with E-state index < -0.39 is 36.3 Å². The lowest BCUT2D eigenvalue weighted by atomic mass is 9.87. The third-order valence-corrected chi connectivity index (χ3v) is 8.48. The highest BCUT2D eigenvalue weighted by atomic mass is 19.3. The number of rotatable bonds is 18. The van der Waals surface area contributed by atoms with Gasteiger partial charge in [-0.1, -0.05) is 65.2 Å². The van der Waals surface area contributed by atoms with E-state index in [0.29, 0.717) is 18.8 Å². The Kier molecular flexibility index (Phi) is 11.8. The molecule has 2 aromatic heterocycles. The van der Waals surface area contributed by atoms with Crippen LogP contribution in [0.15, 0.2) is 18.5 Å². The molecule has 0 saturated heterocycles. The predicted molar refractivity (Wildman–Crippen MR) is 151 cm³/mol. The summed E-state index contributed by atoms with van der Waals surface area (Å²) in [6.45, 7) is 4.49. The highest BCUT2D eigenvalue weighted by Gasteiger charge is 2.49. The summed E-state index contributed by atoms with van der Waals surface area (Å²) in [4.78, 5) is 12.2. The summed E-state index contributed by atoms with van der Waals surface area (Å²) in [5.41, 5.74) is -0.553. The van der Waals surface area contributed by atoms with Crippen LogP contribution >= 0.6 is 0 Å². The van der Waals surface area contributed by atoms with Gasteiger partial charge in [0.2, 0.25) is 5.95 Å². The second-order valence-corrected chi connectivity index (χ2v) is 11.7. The van der Waals surface area contributed by atoms with Crippen molar-refractivity contribution >= 4 is 0 Å². The second kappa shape index (κ2) is 15.3. The molecule has 0 radical (unpaired) electrons. The van der Waals surface area contributed by atoms with Gasteiger partial charge in [0.1, 0.15) is 18.0 Å². The predicted octanol–water partition coefficient (Wildman–Crippen LogP) is 8.78. The number of ether oxygens (including phenoxy) is 2. The van der Waals surface area contributed by atoms with Gasteiger partial charge in [-0.05, 0) is 62.0 Å². The monoisotopic (exact) mass is 579 g/mol. The van der Waals surface area contributed by atoms with Gasteiger partial charge in [0, 0.05) is 0 Å². The molecule has 0 bridgehead atoms. The fourth-order valence-electron chi connectivity index (χ4n) is 5.88. The summed E-state index contributed by atoms with van der Waals surface area (Å²) in [7, 11) is 0. The maximum atomic E-state index is 15.2. The van der Waals surface area contributed by atoms with E-state index in [-0.39, 0.29) is 36.3 Å². The molecule has 2 aromatic rings. The van der Waals surface area contributed by atoms with E-state index in [1.54, 1.807) is 0 Å². The van der Waals surface area contributed by atoms with E-state index in [9.17, 15) is 8.78 Å². The van der Waals surface area contributed by atoms with E-state index in [2.05, 4.69) is 28.8 Å². The van der Waals surface area contributed by atoms with E-state index in [1.165, 1.54) is 50.6 Å². The van der Waals surface area contributed by atoms with Crippen LogP contribution in [0, 0.1) is 17.8 Å². The molecule has 3 atom stereocenters. The van der Waals surface area contributed by atoms with Gasteiger partial charge in [0.15, 0.2) is 11.6 Å². The van der Waals surface area contributed by atoms with Crippen molar-refractivity contribution in [3.8, 4) is 17.3 Å². The SMILES string of the molecule is CCCCCCC(F)COC1CCc2cc(-c3ncc(OCCCCCC(CC)C4CC4)cn3)nc(F)c2C1(F)F. The van der Waals surface area contributed by atoms with E-state index >= 15 is 8.78 Å². The Morgan fingerprint density at radius 3 is 2.41 bits per heavy atom. The van der Waals surface area contributed by atoms with E-state index in [4.69, 9.17) is 9.47 Å². The first-order chi connectivity index (χ1) is 19.8. The Balaban J connectivity index is 1.27. The van der Waals surface area contributed by atoms with Crippen molar-refractivity contribution in [3.63, 3.8) is 0 Å². The van der Waals surface area contributed by atoms with Gasteiger partial charge in [-0.2, -0.15) is 13.2 Å². The molecule has 0 spiro atoms. The molecule has 5 nitrogen and oxygen atoms in total. The molecule has 9 heteroatoms. The van der Waals surface area contributed by atoms with Crippen molar-refractivity contribution in [3.05, 3.63) is 35.5 Å². The molecule has 3 unspecified atom stereocenters. The normalized spacial score (nSPS) is 19.5. The van der Waals surface area contributed by atoms with E-state index in [0.717, 1.165) is 43.9 Å². The Labute approximate surface area is 241 Å². The number of aromatic nitrogens is 3. The molecule has 2 heterocycles. The summed E-state index contributed by atoms with van der Waals surface area (Å²) >= 11 is 0. The molecule has 2 aliphatic carbocycles. The van der Waals surface area contributed by atoms with E-state index in [1.807, 2.05) is 0 Å². The first kappa shape index (κ1) is 31.6. The lowest BCUT2D eigenvalue weighted by Crippen LogP contribution is -2.40. The zero-order chi connectivity index (χ0) is 29.2. The van der Waals surface area contributed by atoms with Crippen LogP contribution < -0.4 is 4.74 Å². The number of fused-ring (bicyclic) bond motifs is 1. The minimum Gasteiger partial charge on any atom is -0.490 e. The Bertz CT molecular complexity index is 1080. The lowest BCUT2D eigenvalue weighted by Gasteiger charge is -2.33. The van der Waals surface area contributed by atoms with Crippen molar-refractivity contribution < 1.29 is 27.0 Å². The summed E-state index contributed by atoms with van der Waals surface area (Å²) in [6, 6.07) is 1.41. The number of hydrogen-bond acceptors (Lipinski definition) is 5. The average Bonchev–Trinajstić information content (AvgIpc) is 3.80. The van der Waals surface area contributed by atoms with Crippen molar-refractivity contribution in [2.75, 3.05) is 13.2 Å². The molecular formula is C32H45F4N3O2. The number of alkyl halides is 3. The van der Waals surface area contributed by atoms with Crippen molar-refractivity contribution in [2.45, 2.75) is 122 Å². The Hall–Kier alpha value is -2.29. The van der Waals surface area contributed by atoms with Crippen LogP contribution in [0.3, 0.4) is 0 Å². The van der Waals surface area contributed by atoms with Crippen molar-refractivity contribution in [2.24, 2.45) is 11.8 Å². The van der Waals surface area contributed by atoms with Gasteiger partial charge in [0.05, 0.1) is 31.2 Å². The number of aryl methyl sites for hydroxylation is 1. The lowest BCUT2D eigenvalue weighted by molar-refractivity contribution is -0.160. The summed E-state index contributed by atoms with van der Waals surface area (Å²) in [5, 5.41) is 0. The number of hydrogen-bond donors (Lipinski definition) is 0. The molecule has 0 amide bonds. The summed E-state index contributed by atoms with van der Waals surface area (Å²) < 4.78 is 70.7. The highest BCUT2D eigenvalue weighted by molar-refractivity contribution is 5.53. The smallest absolute Gasteiger partial charge is 0.303 e. The molecule has 0 aromatic carbocycles. The first-order valence-electron chi connectivity index (χ1n) is 15.6. The van der Waals surface area contributed by atoms with Gasteiger partial charge >= 0.3 is 5.92 Å². The van der Waals surface area contributed by atoms with Crippen molar-refractivity contribution in [1.82, 2.24) is 15.0 Å². The van der Waals surface area contributed by atoms with Crippen LogP contribution in [0.4, 0.5) is 17.6 Å². The molecule has 228 valence electrons. The van der Waals surface area contributed by atoms with Crippen LogP contribution in [0.2, 0.25) is 0 Å². The van der Waals surface area contributed by atoms with Crippen LogP contribution in [0.5, 0.6) is 5.75 Å². The molecule has 0 N–H and O–H groups in total. The average molecular weight is 580 g/mol. The van der Waals surface area contributed by atoms with Crippen LogP contribution in [0.25, 0.3) is 11.5 Å². The molecule has 0 aliphatic heterocycles. The first-order valence-corrected chi connectivity index (χ1v) is 15.6. The fraction of sp³-hybridized carbons (Fsp3) is 0.719. The Morgan fingerprint density at radius 2 is 1.71 bits per heavy atom. The van der Waals surface area contributed by atoms with Gasteiger partial charge in [0.25, 0.3) is 0 Å². The van der Waals surface area contributed by atoms with Gasteiger partial charge in [-0.25, -0.2) is 19.3 Å². The standard InChI is InChI=1S/C32H45F4N3O2/c1-3-5-6-9-12-25(33)21-41-28-16-15-24-18-27(39-30(34)29(24)32(28,35)36)31-37-19-26(20-38-31)40-17-10-7-8-11-22(4-2)23-13-14-23/h18-20,22-23,25,28H,3-17,21H2,1-2H3. The maximum Gasteiger partial charge on any atom is 0.303 e. The maximum absolute atomic E-state index is 15.2. The van der Waals surface area contributed by atoms with Gasteiger partial charge < -0.3 is 9.47 Å². The summed E-state index contributed by atoms with van der Waals surface area (Å²) in [5.74, 6) is -2.42. The topological polar surface area (TPSA) is 57.1 Å².